The predicted molar refractivity (Wildman–Crippen MR) is 93.4 cm³/mol. The highest BCUT2D eigenvalue weighted by Gasteiger charge is 2.41. The quantitative estimate of drug-likeness (QED) is 0.863. The number of carbonyl (C=O) groups excluding carboxylic acids is 1. The number of H-pyrrole nitrogens is 1. The summed E-state index contributed by atoms with van der Waals surface area (Å²) in [4.78, 5) is 24.1. The van der Waals surface area contributed by atoms with Crippen LogP contribution in [0.4, 0.5) is 0 Å². The van der Waals surface area contributed by atoms with Crippen molar-refractivity contribution in [3.8, 4) is 0 Å². The van der Waals surface area contributed by atoms with Crippen LogP contribution in [0.3, 0.4) is 0 Å². The molecule has 2 N–H and O–H groups in total. The number of hydrogen-bond acceptors (Lipinski definition) is 5. The summed E-state index contributed by atoms with van der Waals surface area (Å²) in [6.45, 7) is 3.13. The van der Waals surface area contributed by atoms with E-state index in [0.717, 1.165) is 37.0 Å². The van der Waals surface area contributed by atoms with Gasteiger partial charge < -0.3 is 19.7 Å². The Morgan fingerprint density at radius 1 is 1.36 bits per heavy atom. The summed E-state index contributed by atoms with van der Waals surface area (Å²) in [7, 11) is 1.79. The second-order valence-corrected chi connectivity index (χ2v) is 6.90. The predicted octanol–water partition coefficient (Wildman–Crippen LogP) is 0.859. The molecule has 1 aliphatic heterocycles. The molecule has 0 bridgehead atoms. The van der Waals surface area contributed by atoms with Crippen molar-refractivity contribution in [2.24, 2.45) is 0 Å². The number of hydrogen-bond donors (Lipinski definition) is 2. The van der Waals surface area contributed by atoms with Crippen LogP contribution in [0.2, 0.25) is 0 Å². The number of aromatic amines is 1. The van der Waals surface area contributed by atoms with Crippen molar-refractivity contribution in [3.05, 3.63) is 30.1 Å². The minimum Gasteiger partial charge on any atom is -0.389 e. The smallest absolute Gasteiger partial charge is 0.254 e. The maximum atomic E-state index is 12.9. The lowest BCUT2D eigenvalue weighted by molar-refractivity contribution is -0.0231. The lowest BCUT2D eigenvalue weighted by atomic mass is 10.1. The zero-order valence-electron chi connectivity index (χ0n) is 14.4. The van der Waals surface area contributed by atoms with Crippen LogP contribution in [0.1, 0.15) is 23.2 Å². The highest BCUT2D eigenvalue weighted by atomic mass is 16.5. The topological polar surface area (TPSA) is 81.7 Å². The third kappa shape index (κ3) is 3.03. The number of aromatic nitrogens is 2. The molecule has 7 nitrogen and oxygen atoms in total. The van der Waals surface area contributed by atoms with Gasteiger partial charge in [0.15, 0.2) is 0 Å². The molecule has 2 heterocycles. The van der Waals surface area contributed by atoms with Gasteiger partial charge in [0, 0.05) is 31.7 Å². The van der Waals surface area contributed by atoms with Gasteiger partial charge in [-0.25, -0.2) is 4.98 Å². The maximum absolute atomic E-state index is 12.9. The molecule has 4 rings (SSSR count). The molecule has 2 aromatic rings. The van der Waals surface area contributed by atoms with Gasteiger partial charge in [-0.1, -0.05) is 0 Å². The van der Waals surface area contributed by atoms with E-state index in [-0.39, 0.29) is 18.0 Å². The molecule has 7 heteroatoms. The van der Waals surface area contributed by atoms with Crippen LogP contribution in [-0.2, 0) is 4.74 Å². The third-order valence-corrected chi connectivity index (χ3v) is 5.55. The lowest BCUT2D eigenvalue weighted by Crippen LogP contribution is -2.51. The number of likely N-dealkylation sites (N-methyl/N-ethyl adjacent to an activating group) is 1. The molecule has 1 aliphatic carbocycles. The van der Waals surface area contributed by atoms with E-state index >= 15 is 0 Å². The number of fused-ring (bicyclic) bond motifs is 1. The Kier molecular flexibility index (Phi) is 4.45. The van der Waals surface area contributed by atoms with E-state index in [0.29, 0.717) is 18.8 Å². The zero-order valence-corrected chi connectivity index (χ0v) is 14.4. The number of morpholine rings is 1. The second-order valence-electron chi connectivity index (χ2n) is 6.90. The number of amides is 1. The Balaban J connectivity index is 1.48. The Morgan fingerprint density at radius 3 is 2.96 bits per heavy atom. The minimum absolute atomic E-state index is 0.0665. The largest absolute Gasteiger partial charge is 0.389 e. The van der Waals surface area contributed by atoms with Gasteiger partial charge in [0.1, 0.15) is 0 Å². The molecule has 134 valence electrons. The Hall–Kier alpha value is -1.96. The number of benzene rings is 1. The summed E-state index contributed by atoms with van der Waals surface area (Å²) < 4.78 is 5.40. The number of aliphatic hydroxyl groups excluding tert-OH is 1. The SMILES string of the molecule is CN(C(=O)c1ccc2nc[nH]c2c1)[C@@H]1CC[C@@H](N2CCOCC2)[C@@H]1O. The molecule has 1 aromatic heterocycles. The van der Waals surface area contributed by atoms with Crippen molar-refractivity contribution in [2.45, 2.75) is 31.0 Å². The van der Waals surface area contributed by atoms with Gasteiger partial charge in [-0.3, -0.25) is 9.69 Å². The lowest BCUT2D eigenvalue weighted by Gasteiger charge is -2.36. The Morgan fingerprint density at radius 2 is 2.16 bits per heavy atom. The van der Waals surface area contributed by atoms with Crippen molar-refractivity contribution in [1.82, 2.24) is 19.8 Å². The number of nitrogens with one attached hydrogen (secondary N) is 1. The summed E-state index contributed by atoms with van der Waals surface area (Å²) in [5.74, 6) is -0.0665. The summed E-state index contributed by atoms with van der Waals surface area (Å²) in [6, 6.07) is 5.41. The third-order valence-electron chi connectivity index (χ3n) is 5.55. The van der Waals surface area contributed by atoms with Gasteiger partial charge in [0.2, 0.25) is 0 Å². The van der Waals surface area contributed by atoms with Crippen LogP contribution in [0.5, 0.6) is 0 Å². The van der Waals surface area contributed by atoms with Crippen LogP contribution in [0.15, 0.2) is 24.5 Å². The zero-order chi connectivity index (χ0) is 17.4. The van der Waals surface area contributed by atoms with E-state index in [2.05, 4.69) is 14.9 Å². The summed E-state index contributed by atoms with van der Waals surface area (Å²) >= 11 is 0. The summed E-state index contributed by atoms with van der Waals surface area (Å²) in [5.41, 5.74) is 2.30. The molecule has 25 heavy (non-hydrogen) atoms. The fourth-order valence-electron chi connectivity index (χ4n) is 4.09. The number of rotatable bonds is 3. The first-order valence-corrected chi connectivity index (χ1v) is 8.85. The molecule has 0 radical (unpaired) electrons. The average Bonchev–Trinajstić information content (AvgIpc) is 3.27. The molecule has 1 saturated carbocycles. The summed E-state index contributed by atoms with van der Waals surface area (Å²) in [6.07, 6.45) is 2.82. The first kappa shape index (κ1) is 16.5. The van der Waals surface area contributed by atoms with Gasteiger partial charge in [-0.05, 0) is 31.0 Å². The van der Waals surface area contributed by atoms with Crippen LogP contribution in [0, 0.1) is 0 Å². The van der Waals surface area contributed by atoms with E-state index in [4.69, 9.17) is 4.74 Å². The number of ether oxygens (including phenoxy) is 1. The number of carbonyl (C=O) groups is 1. The molecule has 0 unspecified atom stereocenters. The van der Waals surface area contributed by atoms with Crippen LogP contribution < -0.4 is 0 Å². The van der Waals surface area contributed by atoms with Crippen molar-refractivity contribution >= 4 is 16.9 Å². The Labute approximate surface area is 146 Å². The van der Waals surface area contributed by atoms with Gasteiger partial charge in [-0.2, -0.15) is 0 Å². The monoisotopic (exact) mass is 344 g/mol. The molecule has 1 aromatic carbocycles. The van der Waals surface area contributed by atoms with Gasteiger partial charge in [0.05, 0.1) is 42.7 Å². The van der Waals surface area contributed by atoms with Gasteiger partial charge >= 0.3 is 0 Å². The van der Waals surface area contributed by atoms with Crippen molar-refractivity contribution < 1.29 is 14.6 Å². The van der Waals surface area contributed by atoms with Crippen molar-refractivity contribution in [1.29, 1.82) is 0 Å². The van der Waals surface area contributed by atoms with E-state index in [9.17, 15) is 9.90 Å². The fraction of sp³-hybridized carbons (Fsp3) is 0.556. The van der Waals surface area contributed by atoms with Crippen LogP contribution >= 0.6 is 0 Å². The highest BCUT2D eigenvalue weighted by molar-refractivity contribution is 5.97. The van der Waals surface area contributed by atoms with Crippen molar-refractivity contribution in [2.75, 3.05) is 33.4 Å². The minimum atomic E-state index is -0.525. The highest BCUT2D eigenvalue weighted by Crippen LogP contribution is 2.29. The van der Waals surface area contributed by atoms with E-state index in [1.54, 1.807) is 24.3 Å². The molecule has 0 spiro atoms. The molecule has 2 fully saturated rings. The number of nitrogens with zero attached hydrogens (tertiary/aromatic N) is 3. The van der Waals surface area contributed by atoms with E-state index < -0.39 is 6.10 Å². The Bertz CT molecular complexity index is 756. The van der Waals surface area contributed by atoms with Crippen molar-refractivity contribution in [3.63, 3.8) is 0 Å². The second kappa shape index (κ2) is 6.74. The number of imidazole rings is 1. The molecule has 1 amide bonds. The first-order valence-electron chi connectivity index (χ1n) is 8.85. The standard InChI is InChI=1S/C18H24N4O3/c1-21(18(24)12-2-3-13-14(10-12)20-11-19-13)15-4-5-16(17(15)23)22-6-8-25-9-7-22/h2-3,10-11,15-17,23H,4-9H2,1H3,(H,19,20)/t15-,16-,17-/m1/s1. The first-order chi connectivity index (χ1) is 12.1. The summed E-state index contributed by atoms with van der Waals surface area (Å²) in [5, 5.41) is 10.8. The van der Waals surface area contributed by atoms with E-state index in [1.807, 2.05) is 12.1 Å². The molecule has 3 atom stereocenters. The van der Waals surface area contributed by atoms with Gasteiger partial charge in [0.25, 0.3) is 5.91 Å². The van der Waals surface area contributed by atoms with Crippen LogP contribution in [0.25, 0.3) is 11.0 Å². The maximum Gasteiger partial charge on any atom is 0.254 e. The van der Waals surface area contributed by atoms with Gasteiger partial charge in [-0.15, -0.1) is 0 Å². The normalized spacial score (nSPS) is 27.7. The average molecular weight is 344 g/mol. The van der Waals surface area contributed by atoms with E-state index in [1.165, 1.54) is 0 Å². The fourth-order valence-corrected chi connectivity index (χ4v) is 4.09. The van der Waals surface area contributed by atoms with Crippen LogP contribution in [-0.4, -0.2) is 82.3 Å². The molecular formula is C18H24N4O3. The molecule has 2 aliphatic rings. The molecule has 1 saturated heterocycles. The molecular weight excluding hydrogens is 320 g/mol. The number of aliphatic hydroxyl groups is 1.